The molecule has 0 fully saturated rings. The van der Waals surface area contributed by atoms with Crippen LogP contribution in [0.5, 0.6) is 5.75 Å². The van der Waals surface area contributed by atoms with Crippen molar-refractivity contribution < 1.29 is 23.5 Å². The summed E-state index contributed by atoms with van der Waals surface area (Å²) in [5.74, 6) is 0.153. The van der Waals surface area contributed by atoms with Gasteiger partial charge in [-0.2, -0.15) is 0 Å². The second kappa shape index (κ2) is 13.6. The van der Waals surface area contributed by atoms with Crippen LogP contribution >= 0.6 is 11.3 Å². The topological polar surface area (TPSA) is 71.1 Å². The van der Waals surface area contributed by atoms with Gasteiger partial charge in [0.25, 0.3) is 0 Å². The Morgan fingerprint density at radius 3 is 2.31 bits per heavy atom. The van der Waals surface area contributed by atoms with Crippen molar-refractivity contribution in [3.05, 3.63) is 81.8 Å². The number of anilines is 1. The van der Waals surface area contributed by atoms with Crippen molar-refractivity contribution in [1.82, 2.24) is 9.80 Å². The van der Waals surface area contributed by atoms with Gasteiger partial charge < -0.3 is 24.6 Å². The molecule has 0 aliphatic carbocycles. The average molecular weight is 514 g/mol. The second-order valence-electron chi connectivity index (χ2n) is 8.33. The molecule has 0 aliphatic rings. The fourth-order valence-corrected chi connectivity index (χ4v) is 4.49. The molecule has 0 unspecified atom stereocenters. The van der Waals surface area contributed by atoms with Crippen molar-refractivity contribution >= 4 is 29.0 Å². The quantitative estimate of drug-likeness (QED) is 0.334. The SMILES string of the molecule is COCCCN(CC(=O)N(Cc1ccc(F)cc1)Cc1sccc1C)C(=O)Nc1ccc(OC)cc1. The first kappa shape index (κ1) is 27.2. The van der Waals surface area contributed by atoms with E-state index < -0.39 is 0 Å². The van der Waals surface area contributed by atoms with Crippen LogP contribution in [-0.4, -0.2) is 55.7 Å². The molecule has 0 aliphatic heterocycles. The number of carbonyl (C=O) groups is 2. The fraction of sp³-hybridized carbons (Fsp3) is 0.333. The summed E-state index contributed by atoms with van der Waals surface area (Å²) in [6.07, 6.45) is 0.585. The number of thiophene rings is 1. The van der Waals surface area contributed by atoms with Crippen molar-refractivity contribution in [3.8, 4) is 5.75 Å². The van der Waals surface area contributed by atoms with Crippen LogP contribution in [0.1, 0.15) is 22.4 Å². The van der Waals surface area contributed by atoms with E-state index in [1.807, 2.05) is 18.4 Å². The molecule has 1 heterocycles. The molecule has 0 saturated heterocycles. The van der Waals surface area contributed by atoms with Gasteiger partial charge in [-0.05, 0) is 72.3 Å². The summed E-state index contributed by atoms with van der Waals surface area (Å²) in [5, 5.41) is 4.85. The number of methoxy groups -OCH3 is 2. The molecule has 192 valence electrons. The number of amides is 3. The Morgan fingerprint density at radius 1 is 0.972 bits per heavy atom. The number of benzene rings is 2. The van der Waals surface area contributed by atoms with Gasteiger partial charge in [0, 0.05) is 37.4 Å². The van der Waals surface area contributed by atoms with E-state index >= 15 is 0 Å². The normalized spacial score (nSPS) is 10.7. The standard InChI is InChI=1S/C27H32FN3O4S/c1-20-13-16-36-25(20)18-31(17-21-5-7-22(28)8-6-21)26(32)19-30(14-4-15-34-2)27(33)29-23-9-11-24(35-3)12-10-23/h5-13,16H,4,14-15,17-19H2,1-3H3,(H,29,33). The van der Waals surface area contributed by atoms with Gasteiger partial charge in [-0.3, -0.25) is 4.79 Å². The maximum Gasteiger partial charge on any atom is 0.322 e. The van der Waals surface area contributed by atoms with Crippen LogP contribution < -0.4 is 10.1 Å². The van der Waals surface area contributed by atoms with E-state index in [2.05, 4.69) is 5.32 Å². The van der Waals surface area contributed by atoms with Crippen LogP contribution in [0.4, 0.5) is 14.9 Å². The summed E-state index contributed by atoms with van der Waals surface area (Å²) in [7, 11) is 3.17. The van der Waals surface area contributed by atoms with E-state index in [4.69, 9.17) is 9.47 Å². The van der Waals surface area contributed by atoms with Crippen LogP contribution in [0.15, 0.2) is 60.0 Å². The molecule has 2 aromatic carbocycles. The smallest absolute Gasteiger partial charge is 0.322 e. The van der Waals surface area contributed by atoms with E-state index in [1.54, 1.807) is 66.9 Å². The van der Waals surface area contributed by atoms with E-state index in [9.17, 15) is 14.0 Å². The lowest BCUT2D eigenvalue weighted by Crippen LogP contribution is -2.44. The number of rotatable bonds is 12. The van der Waals surface area contributed by atoms with Crippen LogP contribution in [-0.2, 0) is 22.6 Å². The van der Waals surface area contributed by atoms with Crippen LogP contribution in [0.2, 0.25) is 0 Å². The van der Waals surface area contributed by atoms with Gasteiger partial charge in [-0.1, -0.05) is 12.1 Å². The Balaban J connectivity index is 1.76. The Morgan fingerprint density at radius 2 is 1.69 bits per heavy atom. The number of carbonyl (C=O) groups excluding carboxylic acids is 2. The molecule has 0 spiro atoms. The number of hydrogen-bond donors (Lipinski definition) is 1. The van der Waals surface area contributed by atoms with Crippen molar-refractivity contribution in [2.45, 2.75) is 26.4 Å². The Hall–Kier alpha value is -3.43. The zero-order chi connectivity index (χ0) is 25.9. The molecule has 3 rings (SSSR count). The Bertz CT molecular complexity index is 1120. The van der Waals surface area contributed by atoms with E-state index in [-0.39, 0.29) is 24.3 Å². The van der Waals surface area contributed by atoms with Gasteiger partial charge in [0.1, 0.15) is 18.1 Å². The Labute approximate surface area is 215 Å². The molecule has 7 nitrogen and oxygen atoms in total. The highest BCUT2D eigenvalue weighted by Gasteiger charge is 2.23. The average Bonchev–Trinajstić information content (AvgIpc) is 3.28. The summed E-state index contributed by atoms with van der Waals surface area (Å²) < 4.78 is 23.7. The summed E-state index contributed by atoms with van der Waals surface area (Å²) in [6.45, 7) is 3.44. The molecule has 9 heteroatoms. The predicted octanol–water partition coefficient (Wildman–Crippen LogP) is 5.30. The minimum absolute atomic E-state index is 0.0999. The number of nitrogens with zero attached hydrogens (tertiary/aromatic N) is 2. The zero-order valence-electron chi connectivity index (χ0n) is 20.8. The monoisotopic (exact) mass is 513 g/mol. The highest BCUT2D eigenvalue weighted by Crippen LogP contribution is 2.20. The first-order valence-corrected chi connectivity index (χ1v) is 12.5. The number of aryl methyl sites for hydroxylation is 1. The predicted molar refractivity (Wildman–Crippen MR) is 140 cm³/mol. The first-order valence-electron chi connectivity index (χ1n) is 11.6. The van der Waals surface area contributed by atoms with E-state index in [0.29, 0.717) is 44.1 Å². The van der Waals surface area contributed by atoms with Gasteiger partial charge in [0.15, 0.2) is 0 Å². The van der Waals surface area contributed by atoms with Crippen LogP contribution in [0.3, 0.4) is 0 Å². The molecular formula is C27H32FN3O4S. The van der Waals surface area contributed by atoms with Gasteiger partial charge in [-0.15, -0.1) is 11.3 Å². The molecule has 1 N–H and O–H groups in total. The van der Waals surface area contributed by atoms with Crippen molar-refractivity contribution in [3.63, 3.8) is 0 Å². The van der Waals surface area contributed by atoms with Gasteiger partial charge in [0.2, 0.25) is 5.91 Å². The lowest BCUT2D eigenvalue weighted by Gasteiger charge is -2.28. The third-order valence-electron chi connectivity index (χ3n) is 5.67. The van der Waals surface area contributed by atoms with Crippen molar-refractivity contribution in [2.24, 2.45) is 0 Å². The summed E-state index contributed by atoms with van der Waals surface area (Å²) in [6, 6.07) is 14.7. The van der Waals surface area contributed by atoms with E-state index in [1.165, 1.54) is 17.0 Å². The summed E-state index contributed by atoms with van der Waals surface area (Å²) in [4.78, 5) is 30.9. The molecule has 0 radical (unpaired) electrons. The minimum Gasteiger partial charge on any atom is -0.497 e. The van der Waals surface area contributed by atoms with Gasteiger partial charge in [-0.25, -0.2) is 9.18 Å². The molecule has 3 aromatic rings. The third-order valence-corrected chi connectivity index (χ3v) is 6.68. The van der Waals surface area contributed by atoms with Crippen molar-refractivity contribution in [1.29, 1.82) is 0 Å². The lowest BCUT2D eigenvalue weighted by atomic mass is 10.2. The van der Waals surface area contributed by atoms with Crippen LogP contribution in [0, 0.1) is 12.7 Å². The number of halogens is 1. The molecule has 36 heavy (non-hydrogen) atoms. The zero-order valence-corrected chi connectivity index (χ0v) is 21.6. The number of ether oxygens (including phenoxy) is 2. The highest BCUT2D eigenvalue weighted by atomic mass is 32.1. The van der Waals surface area contributed by atoms with Crippen LogP contribution in [0.25, 0.3) is 0 Å². The number of urea groups is 1. The lowest BCUT2D eigenvalue weighted by molar-refractivity contribution is -0.133. The summed E-state index contributed by atoms with van der Waals surface area (Å²) >= 11 is 1.58. The maximum absolute atomic E-state index is 13.5. The van der Waals surface area contributed by atoms with E-state index in [0.717, 1.165) is 16.0 Å². The molecule has 0 atom stereocenters. The molecule has 0 saturated carbocycles. The molecule has 1 aromatic heterocycles. The minimum atomic E-state index is -0.376. The largest absolute Gasteiger partial charge is 0.497 e. The Kier molecular flexibility index (Phi) is 10.3. The second-order valence-corrected chi connectivity index (χ2v) is 9.33. The number of hydrogen-bond acceptors (Lipinski definition) is 5. The van der Waals surface area contributed by atoms with Gasteiger partial charge >= 0.3 is 6.03 Å². The molecular weight excluding hydrogens is 481 g/mol. The first-order chi connectivity index (χ1) is 17.4. The third kappa shape index (κ3) is 8.07. The molecule has 0 bridgehead atoms. The van der Waals surface area contributed by atoms with Gasteiger partial charge in [0.05, 0.1) is 13.7 Å². The summed E-state index contributed by atoms with van der Waals surface area (Å²) in [5.41, 5.74) is 2.51. The highest BCUT2D eigenvalue weighted by molar-refractivity contribution is 7.10. The maximum atomic E-state index is 13.5. The fourth-order valence-electron chi connectivity index (χ4n) is 3.57. The number of nitrogens with one attached hydrogen (secondary N) is 1. The van der Waals surface area contributed by atoms with Crippen molar-refractivity contribution in [2.75, 3.05) is 39.2 Å². The molecule has 3 amide bonds.